The fourth-order valence-corrected chi connectivity index (χ4v) is 3.40. The van der Waals surface area contributed by atoms with Crippen LogP contribution in [0.25, 0.3) is 0 Å². The van der Waals surface area contributed by atoms with Crippen molar-refractivity contribution in [3.05, 3.63) is 83.8 Å². The number of aromatic nitrogens is 2. The SMILES string of the molecule is Cc1cccnc1Cc1ccc(OC(=O)N2CCN(c3ccccn3)CC2)cc1. The third-order valence-corrected chi connectivity index (χ3v) is 5.13. The molecule has 0 bridgehead atoms. The Hall–Kier alpha value is -3.41. The van der Waals surface area contributed by atoms with Crippen LogP contribution >= 0.6 is 0 Å². The van der Waals surface area contributed by atoms with E-state index in [4.69, 9.17) is 4.74 Å². The Morgan fingerprint density at radius 3 is 2.38 bits per heavy atom. The van der Waals surface area contributed by atoms with Crippen LogP contribution in [-0.4, -0.2) is 47.1 Å². The summed E-state index contributed by atoms with van der Waals surface area (Å²) in [5.74, 6) is 1.50. The van der Waals surface area contributed by atoms with E-state index in [0.29, 0.717) is 18.8 Å². The first-order valence-electron chi connectivity index (χ1n) is 9.81. The summed E-state index contributed by atoms with van der Waals surface area (Å²) in [5, 5.41) is 0. The van der Waals surface area contributed by atoms with E-state index in [2.05, 4.69) is 27.9 Å². The van der Waals surface area contributed by atoms with Gasteiger partial charge in [0.1, 0.15) is 11.6 Å². The van der Waals surface area contributed by atoms with E-state index < -0.39 is 0 Å². The molecule has 148 valence electrons. The van der Waals surface area contributed by atoms with Gasteiger partial charge in [0, 0.05) is 50.7 Å². The molecule has 1 amide bonds. The van der Waals surface area contributed by atoms with Crippen LogP contribution in [0.4, 0.5) is 10.6 Å². The summed E-state index contributed by atoms with van der Waals surface area (Å²) in [6, 6.07) is 17.5. The number of aryl methyl sites for hydroxylation is 1. The van der Waals surface area contributed by atoms with Crippen LogP contribution in [0.1, 0.15) is 16.8 Å². The maximum Gasteiger partial charge on any atom is 0.415 e. The summed E-state index contributed by atoms with van der Waals surface area (Å²) in [6.07, 6.45) is 4.05. The molecule has 0 atom stereocenters. The summed E-state index contributed by atoms with van der Waals surface area (Å²) >= 11 is 0. The number of carbonyl (C=O) groups is 1. The first-order valence-corrected chi connectivity index (χ1v) is 9.81. The Morgan fingerprint density at radius 2 is 1.69 bits per heavy atom. The molecular weight excluding hydrogens is 364 g/mol. The summed E-state index contributed by atoms with van der Waals surface area (Å²) in [5.41, 5.74) is 3.37. The fourth-order valence-electron chi connectivity index (χ4n) is 3.40. The zero-order chi connectivity index (χ0) is 20.1. The van der Waals surface area contributed by atoms with E-state index in [1.54, 1.807) is 11.1 Å². The van der Waals surface area contributed by atoms with E-state index in [0.717, 1.165) is 36.6 Å². The zero-order valence-corrected chi connectivity index (χ0v) is 16.5. The fraction of sp³-hybridized carbons (Fsp3) is 0.261. The third-order valence-electron chi connectivity index (χ3n) is 5.13. The molecule has 1 aliphatic rings. The van der Waals surface area contributed by atoms with Gasteiger partial charge in [-0.25, -0.2) is 9.78 Å². The van der Waals surface area contributed by atoms with E-state index >= 15 is 0 Å². The van der Waals surface area contributed by atoms with Crippen LogP contribution in [0.2, 0.25) is 0 Å². The van der Waals surface area contributed by atoms with Crippen molar-refractivity contribution in [1.29, 1.82) is 0 Å². The normalized spacial score (nSPS) is 14.0. The van der Waals surface area contributed by atoms with Gasteiger partial charge in [0.25, 0.3) is 0 Å². The molecule has 1 fully saturated rings. The van der Waals surface area contributed by atoms with Crippen molar-refractivity contribution in [2.75, 3.05) is 31.1 Å². The van der Waals surface area contributed by atoms with Crippen molar-refractivity contribution < 1.29 is 9.53 Å². The van der Waals surface area contributed by atoms with Crippen molar-refractivity contribution in [2.24, 2.45) is 0 Å². The van der Waals surface area contributed by atoms with Crippen LogP contribution in [0.15, 0.2) is 67.0 Å². The minimum Gasteiger partial charge on any atom is -0.410 e. The van der Waals surface area contributed by atoms with Crippen molar-refractivity contribution in [1.82, 2.24) is 14.9 Å². The monoisotopic (exact) mass is 388 g/mol. The van der Waals surface area contributed by atoms with Gasteiger partial charge in [-0.1, -0.05) is 24.3 Å². The molecule has 6 heteroatoms. The highest BCUT2D eigenvalue weighted by atomic mass is 16.6. The molecule has 3 aromatic rings. The summed E-state index contributed by atoms with van der Waals surface area (Å²) in [7, 11) is 0. The van der Waals surface area contributed by atoms with Crippen molar-refractivity contribution in [3.8, 4) is 5.75 Å². The van der Waals surface area contributed by atoms with Gasteiger partial charge >= 0.3 is 6.09 Å². The van der Waals surface area contributed by atoms with Gasteiger partial charge < -0.3 is 14.5 Å². The van der Waals surface area contributed by atoms with Crippen LogP contribution in [0.3, 0.4) is 0 Å². The van der Waals surface area contributed by atoms with E-state index in [-0.39, 0.29) is 6.09 Å². The number of anilines is 1. The number of pyridine rings is 2. The second kappa shape index (κ2) is 8.73. The Bertz CT molecular complexity index is 952. The topological polar surface area (TPSA) is 58.6 Å². The van der Waals surface area contributed by atoms with Gasteiger partial charge in [0.05, 0.1) is 0 Å². The Morgan fingerprint density at radius 1 is 0.931 bits per heavy atom. The molecule has 2 aromatic heterocycles. The number of nitrogens with zero attached hydrogens (tertiary/aromatic N) is 4. The van der Waals surface area contributed by atoms with Crippen LogP contribution in [-0.2, 0) is 6.42 Å². The average molecular weight is 388 g/mol. The number of ether oxygens (including phenoxy) is 1. The lowest BCUT2D eigenvalue weighted by Gasteiger charge is -2.34. The first kappa shape index (κ1) is 18.9. The minimum absolute atomic E-state index is 0.306. The molecule has 1 saturated heterocycles. The number of carbonyl (C=O) groups excluding carboxylic acids is 1. The number of piperazine rings is 1. The van der Waals surface area contributed by atoms with Crippen molar-refractivity contribution >= 4 is 11.9 Å². The zero-order valence-electron chi connectivity index (χ0n) is 16.5. The molecule has 0 saturated carbocycles. The molecule has 1 aromatic carbocycles. The first-order chi connectivity index (χ1) is 14.2. The molecule has 0 aliphatic carbocycles. The molecule has 6 nitrogen and oxygen atoms in total. The minimum atomic E-state index is -0.306. The molecule has 4 rings (SSSR count). The molecule has 1 aliphatic heterocycles. The lowest BCUT2D eigenvalue weighted by atomic mass is 10.1. The Labute approximate surface area is 170 Å². The second-order valence-electron chi connectivity index (χ2n) is 7.12. The lowest BCUT2D eigenvalue weighted by Crippen LogP contribution is -2.49. The van der Waals surface area contributed by atoms with Crippen molar-refractivity contribution in [3.63, 3.8) is 0 Å². The van der Waals surface area contributed by atoms with Crippen LogP contribution in [0, 0.1) is 6.92 Å². The number of rotatable bonds is 4. The van der Waals surface area contributed by atoms with E-state index in [9.17, 15) is 4.79 Å². The highest BCUT2D eigenvalue weighted by Crippen LogP contribution is 2.18. The molecule has 3 heterocycles. The van der Waals surface area contributed by atoms with E-state index in [1.165, 1.54) is 5.56 Å². The molecule has 29 heavy (non-hydrogen) atoms. The van der Waals surface area contributed by atoms with Crippen molar-refractivity contribution in [2.45, 2.75) is 13.3 Å². The highest BCUT2D eigenvalue weighted by Gasteiger charge is 2.23. The molecular formula is C23H24N4O2. The van der Waals surface area contributed by atoms with Gasteiger partial charge in [-0.15, -0.1) is 0 Å². The van der Waals surface area contributed by atoms with Gasteiger partial charge in [-0.2, -0.15) is 0 Å². The molecule has 0 spiro atoms. The van der Waals surface area contributed by atoms with Crippen LogP contribution in [0.5, 0.6) is 5.75 Å². The standard InChI is InChI=1S/C23H24N4O2/c1-18-5-4-12-24-21(18)17-19-7-9-20(10-8-19)29-23(28)27-15-13-26(14-16-27)22-6-2-3-11-25-22/h2-12H,13-17H2,1H3. The number of hydrogen-bond donors (Lipinski definition) is 0. The Kier molecular flexibility index (Phi) is 5.70. The van der Waals surface area contributed by atoms with Crippen LogP contribution < -0.4 is 9.64 Å². The molecule has 0 radical (unpaired) electrons. The number of benzene rings is 1. The van der Waals surface area contributed by atoms with Gasteiger partial charge in [0.15, 0.2) is 0 Å². The summed E-state index contributed by atoms with van der Waals surface area (Å²) in [4.78, 5) is 25.2. The highest BCUT2D eigenvalue weighted by molar-refractivity contribution is 5.71. The predicted octanol–water partition coefficient (Wildman–Crippen LogP) is 3.70. The summed E-state index contributed by atoms with van der Waals surface area (Å²) in [6.45, 7) is 4.79. The largest absolute Gasteiger partial charge is 0.415 e. The van der Waals surface area contributed by atoms with E-state index in [1.807, 2.05) is 54.7 Å². The maximum absolute atomic E-state index is 12.5. The lowest BCUT2D eigenvalue weighted by molar-refractivity contribution is 0.149. The predicted molar refractivity (Wildman–Crippen MR) is 112 cm³/mol. The van der Waals surface area contributed by atoms with Gasteiger partial charge in [-0.3, -0.25) is 4.98 Å². The third kappa shape index (κ3) is 4.71. The number of amides is 1. The maximum atomic E-state index is 12.5. The second-order valence-corrected chi connectivity index (χ2v) is 7.12. The Balaban J connectivity index is 1.30. The van der Waals surface area contributed by atoms with Gasteiger partial charge in [0.2, 0.25) is 0 Å². The molecule has 0 N–H and O–H groups in total. The average Bonchev–Trinajstić information content (AvgIpc) is 2.77. The number of hydrogen-bond acceptors (Lipinski definition) is 5. The van der Waals surface area contributed by atoms with Gasteiger partial charge in [-0.05, 0) is 48.4 Å². The smallest absolute Gasteiger partial charge is 0.410 e. The molecule has 0 unspecified atom stereocenters. The quantitative estimate of drug-likeness (QED) is 0.682. The summed E-state index contributed by atoms with van der Waals surface area (Å²) < 4.78 is 5.56.